The second kappa shape index (κ2) is 14.3. The van der Waals surface area contributed by atoms with E-state index < -0.39 is 0 Å². The molecule has 2 aromatic heterocycles. The first-order chi connectivity index (χ1) is 20.2. The number of ether oxygens (including phenoxy) is 1. The van der Waals surface area contributed by atoms with Gasteiger partial charge in [0.1, 0.15) is 11.5 Å². The van der Waals surface area contributed by atoms with Gasteiger partial charge in [-0.05, 0) is 69.4 Å². The molecule has 2 aromatic carbocycles. The van der Waals surface area contributed by atoms with E-state index in [0.29, 0.717) is 12.2 Å². The molecule has 0 atom stereocenters. The molecule has 0 amide bonds. The number of Topliss-reactive ketones (excluding diaryl/α,β-unsaturated/α-hetero) is 1. The van der Waals surface area contributed by atoms with Crippen molar-refractivity contribution in [2.45, 2.75) is 85.6 Å². The van der Waals surface area contributed by atoms with Crippen molar-refractivity contribution in [1.29, 1.82) is 0 Å². The lowest BCUT2D eigenvalue weighted by Gasteiger charge is -2.29. The topological polar surface area (TPSA) is 69.4 Å². The SMILES string of the molecule is CCCN(c1ccc(-c2cnn(CCCCCCCCC(C)=O)c2)cc1C)c1cc(OC)cc2c1cc(C)c(=O)n2C. The summed E-state index contributed by atoms with van der Waals surface area (Å²) >= 11 is 0. The van der Waals surface area contributed by atoms with Crippen LogP contribution in [0.15, 0.2) is 53.6 Å². The highest BCUT2D eigenvalue weighted by atomic mass is 16.5. The summed E-state index contributed by atoms with van der Waals surface area (Å²) in [6, 6.07) is 12.6. The number of rotatable bonds is 15. The Morgan fingerprint density at radius 2 is 1.67 bits per heavy atom. The number of hydrogen-bond donors (Lipinski definition) is 0. The van der Waals surface area contributed by atoms with Gasteiger partial charge in [0.15, 0.2) is 0 Å². The van der Waals surface area contributed by atoms with Crippen LogP contribution in [0.1, 0.15) is 76.3 Å². The quantitative estimate of drug-likeness (QED) is 0.136. The molecule has 2 heterocycles. The third-order valence-corrected chi connectivity index (χ3v) is 8.07. The number of aryl methyl sites for hydroxylation is 4. The van der Waals surface area contributed by atoms with Gasteiger partial charge < -0.3 is 19.0 Å². The van der Waals surface area contributed by atoms with Gasteiger partial charge in [0.2, 0.25) is 0 Å². The predicted octanol–water partition coefficient (Wildman–Crippen LogP) is 7.90. The summed E-state index contributed by atoms with van der Waals surface area (Å²) in [6.07, 6.45) is 12.6. The third-order valence-electron chi connectivity index (χ3n) is 8.07. The summed E-state index contributed by atoms with van der Waals surface area (Å²) in [6.45, 7) is 9.64. The number of nitrogens with zero attached hydrogens (tertiary/aromatic N) is 4. The van der Waals surface area contributed by atoms with Gasteiger partial charge in [-0.3, -0.25) is 9.48 Å². The number of unbranched alkanes of at least 4 members (excludes halogenated alkanes) is 5. The number of methoxy groups -OCH3 is 1. The Hall–Kier alpha value is -3.87. The third kappa shape index (κ3) is 7.30. The van der Waals surface area contributed by atoms with Crippen molar-refractivity contribution in [3.63, 3.8) is 0 Å². The molecule has 0 saturated heterocycles. The minimum atomic E-state index is 0.00553. The second-order valence-electron chi connectivity index (χ2n) is 11.5. The summed E-state index contributed by atoms with van der Waals surface area (Å²) in [5.41, 5.74) is 7.20. The van der Waals surface area contributed by atoms with Gasteiger partial charge in [-0.2, -0.15) is 5.10 Å². The lowest BCUT2D eigenvalue weighted by atomic mass is 10.0. The van der Waals surface area contributed by atoms with Gasteiger partial charge in [0.05, 0.1) is 24.5 Å². The van der Waals surface area contributed by atoms with E-state index in [1.165, 1.54) is 24.8 Å². The van der Waals surface area contributed by atoms with E-state index >= 15 is 0 Å². The zero-order chi connectivity index (χ0) is 30.2. The summed E-state index contributed by atoms with van der Waals surface area (Å²) in [5, 5.41) is 5.66. The number of benzene rings is 2. The zero-order valence-corrected chi connectivity index (χ0v) is 26.2. The van der Waals surface area contributed by atoms with E-state index in [9.17, 15) is 9.59 Å². The highest BCUT2D eigenvalue weighted by Gasteiger charge is 2.18. The molecule has 0 saturated carbocycles. The Bertz CT molecular complexity index is 1580. The van der Waals surface area contributed by atoms with Crippen molar-refractivity contribution >= 4 is 28.1 Å². The maximum Gasteiger partial charge on any atom is 0.253 e. The summed E-state index contributed by atoms with van der Waals surface area (Å²) in [5.74, 6) is 1.02. The number of hydrogen-bond acceptors (Lipinski definition) is 5. The molecular weight excluding hydrogens is 524 g/mol. The Balaban J connectivity index is 1.52. The maximum atomic E-state index is 12.7. The van der Waals surface area contributed by atoms with Crippen molar-refractivity contribution < 1.29 is 9.53 Å². The molecule has 224 valence electrons. The molecule has 7 heteroatoms. The van der Waals surface area contributed by atoms with E-state index in [1.54, 1.807) is 18.6 Å². The normalized spacial score (nSPS) is 11.3. The van der Waals surface area contributed by atoms with Gasteiger partial charge in [-0.15, -0.1) is 0 Å². The number of pyridine rings is 1. The van der Waals surface area contributed by atoms with Crippen LogP contribution >= 0.6 is 0 Å². The first-order valence-corrected chi connectivity index (χ1v) is 15.3. The van der Waals surface area contributed by atoms with Crippen LogP contribution in [-0.4, -0.2) is 33.8 Å². The van der Waals surface area contributed by atoms with E-state index in [1.807, 2.05) is 37.0 Å². The number of carbonyl (C=O) groups excluding carboxylic acids is 1. The standard InChI is InChI=1S/C35H46N4O3/c1-7-17-39(34-22-30(42-6)21-33-31(34)20-26(3)35(41)37(33)5)32-16-15-28(19-25(32)2)29-23-36-38(24-29)18-13-11-9-8-10-12-14-27(4)40/h15-16,19-24H,7-14,17-18H2,1-6H3. The van der Waals surface area contributed by atoms with E-state index in [4.69, 9.17) is 4.74 Å². The lowest BCUT2D eigenvalue weighted by Crippen LogP contribution is -2.22. The Morgan fingerprint density at radius 3 is 2.36 bits per heavy atom. The molecule has 0 aliphatic carbocycles. The van der Waals surface area contributed by atoms with Crippen LogP contribution in [0.2, 0.25) is 0 Å². The number of fused-ring (bicyclic) bond motifs is 1. The smallest absolute Gasteiger partial charge is 0.253 e. The second-order valence-corrected chi connectivity index (χ2v) is 11.5. The van der Waals surface area contributed by atoms with Crippen LogP contribution in [0.3, 0.4) is 0 Å². The Kier molecular flexibility index (Phi) is 10.6. The molecule has 42 heavy (non-hydrogen) atoms. The van der Waals surface area contributed by atoms with E-state index in [0.717, 1.165) is 83.5 Å². The number of anilines is 2. The van der Waals surface area contributed by atoms with Crippen LogP contribution in [-0.2, 0) is 18.4 Å². The van der Waals surface area contributed by atoms with Crippen LogP contribution < -0.4 is 15.2 Å². The Morgan fingerprint density at radius 1 is 0.929 bits per heavy atom. The zero-order valence-electron chi connectivity index (χ0n) is 26.2. The van der Waals surface area contributed by atoms with Crippen molar-refractivity contribution in [3.05, 3.63) is 70.3 Å². The molecule has 4 rings (SSSR count). The van der Waals surface area contributed by atoms with Crippen LogP contribution in [0.5, 0.6) is 5.75 Å². The van der Waals surface area contributed by atoms with E-state index in [2.05, 4.69) is 54.3 Å². The minimum absolute atomic E-state index is 0.00553. The predicted molar refractivity (Wildman–Crippen MR) is 173 cm³/mol. The molecule has 0 aliphatic heterocycles. The monoisotopic (exact) mass is 570 g/mol. The largest absolute Gasteiger partial charge is 0.497 e. The fourth-order valence-corrected chi connectivity index (χ4v) is 5.74. The number of aromatic nitrogens is 3. The molecule has 0 radical (unpaired) electrons. The minimum Gasteiger partial charge on any atom is -0.497 e. The van der Waals surface area contributed by atoms with Gasteiger partial charge in [0, 0.05) is 67.1 Å². The number of carbonyl (C=O) groups is 1. The fraction of sp³-hybridized carbons (Fsp3) is 0.457. The Labute approximate surface area is 250 Å². The highest BCUT2D eigenvalue weighted by molar-refractivity contribution is 5.96. The van der Waals surface area contributed by atoms with Crippen LogP contribution in [0.4, 0.5) is 11.4 Å². The summed E-state index contributed by atoms with van der Waals surface area (Å²) < 4.78 is 9.43. The lowest BCUT2D eigenvalue weighted by molar-refractivity contribution is -0.117. The highest BCUT2D eigenvalue weighted by Crippen LogP contribution is 2.38. The van der Waals surface area contributed by atoms with Crippen molar-refractivity contribution in [2.75, 3.05) is 18.6 Å². The summed E-state index contributed by atoms with van der Waals surface area (Å²) in [7, 11) is 3.49. The van der Waals surface area contributed by atoms with Crippen molar-refractivity contribution in [3.8, 4) is 16.9 Å². The summed E-state index contributed by atoms with van der Waals surface area (Å²) in [4.78, 5) is 26.1. The van der Waals surface area contributed by atoms with Gasteiger partial charge in [0.25, 0.3) is 5.56 Å². The van der Waals surface area contributed by atoms with Crippen molar-refractivity contribution in [2.24, 2.45) is 7.05 Å². The van der Waals surface area contributed by atoms with Gasteiger partial charge in [-0.25, -0.2) is 0 Å². The fourth-order valence-electron chi connectivity index (χ4n) is 5.74. The molecule has 0 spiro atoms. The maximum absolute atomic E-state index is 12.7. The molecule has 4 aromatic rings. The van der Waals surface area contributed by atoms with Crippen LogP contribution in [0.25, 0.3) is 22.0 Å². The average molecular weight is 571 g/mol. The van der Waals surface area contributed by atoms with Crippen molar-refractivity contribution in [1.82, 2.24) is 14.3 Å². The van der Waals surface area contributed by atoms with Gasteiger partial charge in [-0.1, -0.05) is 38.7 Å². The molecule has 7 nitrogen and oxygen atoms in total. The molecule has 0 fully saturated rings. The van der Waals surface area contributed by atoms with E-state index in [-0.39, 0.29) is 5.56 Å². The number of ketones is 1. The molecule has 0 N–H and O–H groups in total. The van der Waals surface area contributed by atoms with Gasteiger partial charge >= 0.3 is 0 Å². The van der Waals surface area contributed by atoms with Crippen LogP contribution in [0, 0.1) is 13.8 Å². The average Bonchev–Trinajstić information content (AvgIpc) is 3.45. The molecular formula is C35H46N4O3. The molecule has 0 bridgehead atoms. The first-order valence-electron chi connectivity index (χ1n) is 15.3. The molecule has 0 unspecified atom stereocenters. The molecule has 0 aliphatic rings. The first kappa shape index (κ1) is 31.1.